The van der Waals surface area contributed by atoms with E-state index in [1.54, 1.807) is 47.7 Å². The minimum Gasteiger partial charge on any atom is -0.496 e. The summed E-state index contributed by atoms with van der Waals surface area (Å²) in [5.74, 6) is 0.0109. The van der Waals surface area contributed by atoms with Gasteiger partial charge in [-0.1, -0.05) is 17.7 Å². The Morgan fingerprint density at radius 2 is 2.06 bits per heavy atom. The first-order valence-corrected chi connectivity index (χ1v) is 10.5. The molecule has 2 aromatic carbocycles. The number of quaternary nitrogens is 1. The molecule has 4 N–H and O–H groups in total. The summed E-state index contributed by atoms with van der Waals surface area (Å²) in [5.41, 5.74) is 2.36. The number of rotatable bonds is 5. The highest BCUT2D eigenvalue weighted by Gasteiger charge is 2.43. The lowest BCUT2D eigenvalue weighted by Gasteiger charge is -2.20. The number of fused-ring (bicyclic) bond motifs is 2. The van der Waals surface area contributed by atoms with Crippen molar-refractivity contribution >= 4 is 35.0 Å². The third kappa shape index (κ3) is 4.08. The van der Waals surface area contributed by atoms with Gasteiger partial charge in [0.25, 0.3) is 11.8 Å². The minimum absolute atomic E-state index is 0.117. The Morgan fingerprint density at radius 1 is 1.26 bits per heavy atom. The molecule has 1 saturated heterocycles. The van der Waals surface area contributed by atoms with Crippen molar-refractivity contribution in [1.29, 1.82) is 0 Å². The lowest BCUT2D eigenvalue weighted by Crippen LogP contribution is -2.82. The molecule has 9 heteroatoms. The van der Waals surface area contributed by atoms with Gasteiger partial charge < -0.3 is 25.6 Å². The van der Waals surface area contributed by atoms with Crippen molar-refractivity contribution in [3.8, 4) is 16.9 Å². The molecule has 3 amide bonds. The Hall–Kier alpha value is -3.10. The van der Waals surface area contributed by atoms with Crippen molar-refractivity contribution in [2.45, 2.75) is 18.5 Å². The number of benzene rings is 2. The predicted molar refractivity (Wildman–Crippen MR) is 116 cm³/mol. The number of nitrogens with two attached hydrogens (primary N) is 1. The van der Waals surface area contributed by atoms with Gasteiger partial charge in [-0.05, 0) is 42.3 Å². The minimum atomic E-state index is -0.625. The van der Waals surface area contributed by atoms with E-state index in [2.05, 4.69) is 10.6 Å². The molecular formula is C22H24ClN4O4+. The molecule has 0 aromatic heterocycles. The number of methoxy groups -OCH3 is 1. The van der Waals surface area contributed by atoms with Crippen LogP contribution in [0.1, 0.15) is 16.8 Å². The van der Waals surface area contributed by atoms with Gasteiger partial charge in [0, 0.05) is 23.2 Å². The summed E-state index contributed by atoms with van der Waals surface area (Å²) >= 11 is 6.17. The van der Waals surface area contributed by atoms with E-state index in [0.29, 0.717) is 35.0 Å². The maximum absolute atomic E-state index is 13.4. The number of hydrogen-bond acceptors (Lipinski definition) is 4. The molecule has 0 radical (unpaired) electrons. The summed E-state index contributed by atoms with van der Waals surface area (Å²) in [5, 5.41) is 8.08. The zero-order valence-electron chi connectivity index (χ0n) is 17.3. The summed E-state index contributed by atoms with van der Waals surface area (Å²) in [4.78, 5) is 39.7. The van der Waals surface area contributed by atoms with Gasteiger partial charge in [0.2, 0.25) is 5.91 Å². The molecule has 2 heterocycles. The maximum Gasteiger partial charge on any atom is 0.275 e. The van der Waals surface area contributed by atoms with E-state index in [4.69, 9.17) is 16.3 Å². The Balaban J connectivity index is 1.66. The molecule has 0 saturated carbocycles. The Kier molecular flexibility index (Phi) is 5.84. The van der Waals surface area contributed by atoms with Crippen LogP contribution in [0.5, 0.6) is 5.75 Å². The summed E-state index contributed by atoms with van der Waals surface area (Å²) in [6.07, 6.45) is 0.385. The number of nitrogens with one attached hydrogen (secondary N) is 2. The van der Waals surface area contributed by atoms with Crippen molar-refractivity contribution in [2.24, 2.45) is 0 Å². The van der Waals surface area contributed by atoms with Gasteiger partial charge in [-0.2, -0.15) is 0 Å². The summed E-state index contributed by atoms with van der Waals surface area (Å²) in [6, 6.07) is 9.68. The molecule has 162 valence electrons. The molecule has 2 aromatic rings. The van der Waals surface area contributed by atoms with E-state index in [-0.39, 0.29) is 30.3 Å². The highest BCUT2D eigenvalue weighted by molar-refractivity contribution is 6.31. The summed E-state index contributed by atoms with van der Waals surface area (Å²) < 4.78 is 5.44. The van der Waals surface area contributed by atoms with Crippen molar-refractivity contribution in [3.63, 3.8) is 0 Å². The fourth-order valence-corrected chi connectivity index (χ4v) is 4.33. The monoisotopic (exact) mass is 443 g/mol. The predicted octanol–water partition coefficient (Wildman–Crippen LogP) is 0.860. The molecule has 0 unspecified atom stereocenters. The van der Waals surface area contributed by atoms with Crippen LogP contribution in [0.2, 0.25) is 5.02 Å². The first-order chi connectivity index (χ1) is 14.9. The van der Waals surface area contributed by atoms with Crippen LogP contribution >= 0.6 is 11.6 Å². The molecule has 0 bridgehead atoms. The van der Waals surface area contributed by atoms with E-state index < -0.39 is 6.04 Å². The fourth-order valence-electron chi connectivity index (χ4n) is 4.16. The van der Waals surface area contributed by atoms with Crippen LogP contribution in [0.4, 0.5) is 5.69 Å². The standard InChI is InChI=1S/C22H23ClN4O4/c1-24-10-20(28)25-14-9-18-21(29)26-17-5-3-12(7-16(17)22(30)27(18)11-14)15-8-13(23)4-6-19(15)31-2/h3-8,14,18,24H,9-11H2,1-2H3,(H,25,28)(H,26,29)/p+1/t14-,18-/m0/s1. The molecule has 2 aliphatic heterocycles. The molecule has 4 rings (SSSR count). The van der Waals surface area contributed by atoms with Crippen LogP contribution in [-0.2, 0) is 9.59 Å². The Bertz CT molecular complexity index is 1060. The molecule has 0 spiro atoms. The van der Waals surface area contributed by atoms with Gasteiger partial charge in [0.1, 0.15) is 11.8 Å². The number of carbonyl (C=O) groups is 3. The maximum atomic E-state index is 13.4. The highest BCUT2D eigenvalue weighted by Crippen LogP contribution is 2.36. The molecule has 31 heavy (non-hydrogen) atoms. The van der Waals surface area contributed by atoms with Crippen LogP contribution < -0.4 is 20.7 Å². The number of nitrogens with zero attached hydrogens (tertiary/aromatic N) is 1. The van der Waals surface area contributed by atoms with Gasteiger partial charge in [-0.3, -0.25) is 14.4 Å². The van der Waals surface area contributed by atoms with Crippen LogP contribution in [0.15, 0.2) is 36.4 Å². The van der Waals surface area contributed by atoms with E-state index in [9.17, 15) is 14.4 Å². The number of ether oxygens (including phenoxy) is 1. The quantitative estimate of drug-likeness (QED) is 0.637. The molecule has 0 aliphatic carbocycles. The number of anilines is 1. The molecular weight excluding hydrogens is 420 g/mol. The normalized spacial score (nSPS) is 19.9. The smallest absolute Gasteiger partial charge is 0.275 e. The largest absolute Gasteiger partial charge is 0.496 e. The summed E-state index contributed by atoms with van der Waals surface area (Å²) in [6.45, 7) is 0.589. The van der Waals surface area contributed by atoms with Crippen LogP contribution in [-0.4, -0.2) is 62.0 Å². The van der Waals surface area contributed by atoms with Gasteiger partial charge in [0.05, 0.1) is 25.4 Å². The van der Waals surface area contributed by atoms with Gasteiger partial charge in [-0.15, -0.1) is 0 Å². The van der Waals surface area contributed by atoms with Gasteiger partial charge in [-0.25, -0.2) is 0 Å². The van der Waals surface area contributed by atoms with E-state index >= 15 is 0 Å². The zero-order chi connectivity index (χ0) is 22.1. The summed E-state index contributed by atoms with van der Waals surface area (Å²) in [7, 11) is 3.38. The number of amides is 3. The molecule has 1 fully saturated rings. The molecule has 2 atom stereocenters. The van der Waals surface area contributed by atoms with Crippen molar-refractivity contribution in [3.05, 3.63) is 47.0 Å². The Morgan fingerprint density at radius 3 is 2.81 bits per heavy atom. The van der Waals surface area contributed by atoms with Crippen molar-refractivity contribution in [2.75, 3.05) is 32.6 Å². The molecule has 8 nitrogen and oxygen atoms in total. The molecule has 2 aliphatic rings. The van der Waals surface area contributed by atoms with Crippen LogP contribution in [0.3, 0.4) is 0 Å². The SMILES string of the molecule is C[NH2+]CC(=O)N[C@H]1C[C@H]2C(=O)Nc3ccc(-c4cc(Cl)ccc4OC)cc3C(=O)N2C1. The number of likely N-dealkylation sites (N-methyl/N-ethyl adjacent to an activating group) is 1. The third-order valence-electron chi connectivity index (χ3n) is 5.60. The fraction of sp³-hybridized carbons (Fsp3) is 0.318. The van der Waals surface area contributed by atoms with Gasteiger partial charge >= 0.3 is 0 Å². The van der Waals surface area contributed by atoms with Crippen molar-refractivity contribution in [1.82, 2.24) is 10.2 Å². The van der Waals surface area contributed by atoms with E-state index in [0.717, 1.165) is 11.1 Å². The van der Waals surface area contributed by atoms with Crippen LogP contribution in [0.25, 0.3) is 11.1 Å². The van der Waals surface area contributed by atoms with Gasteiger partial charge in [0.15, 0.2) is 6.54 Å². The second-order valence-electron chi connectivity index (χ2n) is 7.68. The number of carbonyl (C=O) groups excluding carboxylic acids is 3. The number of halogens is 1. The second-order valence-corrected chi connectivity index (χ2v) is 8.12. The number of hydrogen-bond donors (Lipinski definition) is 3. The van der Waals surface area contributed by atoms with Crippen molar-refractivity contribution < 1.29 is 24.4 Å². The lowest BCUT2D eigenvalue weighted by atomic mass is 10.0. The first-order valence-electron chi connectivity index (χ1n) is 10.1. The topological polar surface area (TPSA) is 104 Å². The van der Waals surface area contributed by atoms with E-state index in [1.807, 2.05) is 13.1 Å². The zero-order valence-corrected chi connectivity index (χ0v) is 18.0. The average molecular weight is 444 g/mol. The second kappa shape index (κ2) is 8.56. The average Bonchev–Trinajstić information content (AvgIpc) is 3.13. The highest BCUT2D eigenvalue weighted by atomic mass is 35.5. The Labute approximate surface area is 184 Å². The third-order valence-corrected chi connectivity index (χ3v) is 5.83. The van der Waals surface area contributed by atoms with E-state index in [1.165, 1.54) is 0 Å². The first kappa shape index (κ1) is 21.1. The van der Waals surface area contributed by atoms with Crippen LogP contribution in [0, 0.1) is 0 Å². The lowest BCUT2D eigenvalue weighted by molar-refractivity contribution is -0.615.